The molecule has 2 N–H and O–H groups in total. The fraction of sp³-hybridized carbons (Fsp3) is 0.417. The third kappa shape index (κ3) is 7.18. The number of carbonyl (C=O) groups is 2. The Kier molecular flexibility index (Phi) is 8.34. The number of nitrogens with one attached hydrogen (secondary N) is 2. The normalized spacial score (nSPS) is 16.8. The van der Waals surface area contributed by atoms with Crippen molar-refractivity contribution >= 4 is 29.3 Å². The number of amides is 2. The van der Waals surface area contributed by atoms with E-state index >= 15 is 0 Å². The van der Waals surface area contributed by atoms with Gasteiger partial charge in [-0.05, 0) is 60.7 Å². The van der Waals surface area contributed by atoms with E-state index in [0.29, 0.717) is 12.3 Å². The molecule has 30 heavy (non-hydrogen) atoms. The van der Waals surface area contributed by atoms with Gasteiger partial charge in [0.15, 0.2) is 0 Å². The molecule has 1 fully saturated rings. The van der Waals surface area contributed by atoms with Crippen LogP contribution >= 0.6 is 11.8 Å². The summed E-state index contributed by atoms with van der Waals surface area (Å²) in [6.07, 6.45) is 2.59. The molecular formula is C24H31N3O2S. The lowest BCUT2D eigenvalue weighted by molar-refractivity contribution is -0.118. The quantitative estimate of drug-likeness (QED) is 0.620. The number of piperidine rings is 1. The van der Waals surface area contributed by atoms with Crippen molar-refractivity contribution in [3.8, 4) is 0 Å². The van der Waals surface area contributed by atoms with Crippen molar-refractivity contribution in [3.63, 3.8) is 0 Å². The van der Waals surface area contributed by atoms with Crippen LogP contribution in [0, 0.1) is 5.92 Å². The molecule has 0 bridgehead atoms. The van der Waals surface area contributed by atoms with Gasteiger partial charge in [-0.15, -0.1) is 11.8 Å². The van der Waals surface area contributed by atoms with Gasteiger partial charge in [0, 0.05) is 37.1 Å². The van der Waals surface area contributed by atoms with Gasteiger partial charge in [-0.25, -0.2) is 0 Å². The Morgan fingerprint density at radius 2 is 1.83 bits per heavy atom. The smallest absolute Gasteiger partial charge is 0.230 e. The van der Waals surface area contributed by atoms with E-state index in [1.807, 2.05) is 30.3 Å². The van der Waals surface area contributed by atoms with Crippen LogP contribution in [0.4, 0.5) is 5.69 Å². The van der Waals surface area contributed by atoms with Crippen LogP contribution in [0.15, 0.2) is 53.4 Å². The van der Waals surface area contributed by atoms with Crippen LogP contribution < -0.4 is 10.6 Å². The number of likely N-dealkylation sites (tertiary alicyclic amines) is 1. The molecule has 2 amide bonds. The average Bonchev–Trinajstić information content (AvgIpc) is 2.72. The molecule has 160 valence electrons. The maximum Gasteiger partial charge on any atom is 0.230 e. The van der Waals surface area contributed by atoms with Gasteiger partial charge in [0.1, 0.15) is 0 Å². The average molecular weight is 426 g/mol. The van der Waals surface area contributed by atoms with E-state index in [2.05, 4.69) is 40.7 Å². The van der Waals surface area contributed by atoms with Gasteiger partial charge in [0.2, 0.25) is 11.8 Å². The van der Waals surface area contributed by atoms with Crippen molar-refractivity contribution in [1.29, 1.82) is 0 Å². The summed E-state index contributed by atoms with van der Waals surface area (Å²) >= 11 is 1.49. The highest BCUT2D eigenvalue weighted by molar-refractivity contribution is 8.00. The zero-order valence-corrected chi connectivity index (χ0v) is 18.6. The van der Waals surface area contributed by atoms with Crippen LogP contribution in [0.1, 0.15) is 37.8 Å². The van der Waals surface area contributed by atoms with Crippen LogP contribution in [0.5, 0.6) is 0 Å². The second-order valence-corrected chi connectivity index (χ2v) is 9.07. The fourth-order valence-electron chi connectivity index (χ4n) is 3.79. The van der Waals surface area contributed by atoms with Crippen molar-refractivity contribution < 1.29 is 9.59 Å². The second-order valence-electron chi connectivity index (χ2n) is 8.02. The van der Waals surface area contributed by atoms with E-state index in [-0.39, 0.29) is 11.8 Å². The molecule has 0 aliphatic carbocycles. The lowest BCUT2D eigenvalue weighted by Crippen LogP contribution is -2.34. The monoisotopic (exact) mass is 425 g/mol. The van der Waals surface area contributed by atoms with E-state index in [1.165, 1.54) is 42.7 Å². The highest BCUT2D eigenvalue weighted by atomic mass is 32.2. The Morgan fingerprint density at radius 3 is 2.53 bits per heavy atom. The van der Waals surface area contributed by atoms with Crippen LogP contribution in [-0.4, -0.2) is 35.6 Å². The van der Waals surface area contributed by atoms with E-state index in [0.717, 1.165) is 36.1 Å². The van der Waals surface area contributed by atoms with Gasteiger partial charge in [-0.2, -0.15) is 0 Å². The molecule has 1 aliphatic rings. The Hall–Kier alpha value is -2.31. The van der Waals surface area contributed by atoms with Gasteiger partial charge in [-0.3, -0.25) is 14.5 Å². The predicted octanol–water partition coefficient (Wildman–Crippen LogP) is 4.29. The number of hydrogen-bond donors (Lipinski definition) is 2. The van der Waals surface area contributed by atoms with Crippen molar-refractivity contribution in [2.45, 2.75) is 44.7 Å². The van der Waals surface area contributed by atoms with Crippen LogP contribution in [0.25, 0.3) is 0 Å². The third-order valence-corrected chi connectivity index (χ3v) is 6.29. The highest BCUT2D eigenvalue weighted by Crippen LogP contribution is 2.21. The van der Waals surface area contributed by atoms with Gasteiger partial charge in [0.05, 0.1) is 5.75 Å². The molecule has 1 heterocycles. The summed E-state index contributed by atoms with van der Waals surface area (Å²) in [7, 11) is 0. The summed E-state index contributed by atoms with van der Waals surface area (Å²) in [6.45, 7) is 7.62. The molecule has 5 nitrogen and oxygen atoms in total. The van der Waals surface area contributed by atoms with Gasteiger partial charge >= 0.3 is 0 Å². The summed E-state index contributed by atoms with van der Waals surface area (Å²) in [5.74, 6) is 1.05. The molecule has 6 heteroatoms. The first-order valence-electron chi connectivity index (χ1n) is 10.6. The van der Waals surface area contributed by atoms with Crippen LogP contribution in [0.2, 0.25) is 0 Å². The number of carbonyl (C=O) groups excluding carboxylic acids is 2. The van der Waals surface area contributed by atoms with Crippen molar-refractivity contribution in [3.05, 3.63) is 59.7 Å². The minimum absolute atomic E-state index is 0.0207. The lowest BCUT2D eigenvalue weighted by Gasteiger charge is -2.31. The number of benzene rings is 2. The molecule has 0 spiro atoms. The second kappa shape index (κ2) is 11.2. The number of anilines is 1. The minimum Gasteiger partial charge on any atom is -0.351 e. The summed E-state index contributed by atoms with van der Waals surface area (Å²) in [4.78, 5) is 26.9. The first kappa shape index (κ1) is 22.4. The van der Waals surface area contributed by atoms with E-state index in [4.69, 9.17) is 0 Å². The molecule has 1 aliphatic heterocycles. The standard InChI is InChI=1S/C24H31N3O2S/c1-18-6-5-13-27(15-18)16-21-8-4-3-7-20(21)14-25-24(29)17-30-23-11-9-22(10-12-23)26-19(2)28/h3-4,7-12,18H,5-6,13-17H2,1-2H3,(H,25,29)(H,26,28)/t18-/m1/s1. The van der Waals surface area contributed by atoms with Crippen molar-refractivity contribution in [2.24, 2.45) is 5.92 Å². The minimum atomic E-state index is -0.0927. The number of hydrogen-bond acceptors (Lipinski definition) is 4. The topological polar surface area (TPSA) is 61.4 Å². The Bertz CT molecular complexity index is 854. The molecule has 2 aromatic rings. The molecule has 0 radical (unpaired) electrons. The van der Waals surface area contributed by atoms with Gasteiger partial charge in [-0.1, -0.05) is 31.2 Å². The number of thioether (sulfide) groups is 1. The third-order valence-electron chi connectivity index (χ3n) is 5.27. The van der Waals surface area contributed by atoms with Crippen molar-refractivity contribution in [1.82, 2.24) is 10.2 Å². The molecule has 0 saturated carbocycles. The zero-order chi connectivity index (χ0) is 21.3. The van der Waals surface area contributed by atoms with E-state index < -0.39 is 0 Å². The van der Waals surface area contributed by atoms with Gasteiger partial charge < -0.3 is 10.6 Å². The molecule has 1 atom stereocenters. The maximum atomic E-state index is 12.3. The molecule has 0 unspecified atom stereocenters. The summed E-state index contributed by atoms with van der Waals surface area (Å²) in [5.41, 5.74) is 3.25. The largest absolute Gasteiger partial charge is 0.351 e. The Morgan fingerprint density at radius 1 is 1.10 bits per heavy atom. The van der Waals surface area contributed by atoms with E-state index in [1.54, 1.807) is 0 Å². The first-order chi connectivity index (χ1) is 14.5. The number of rotatable bonds is 8. The predicted molar refractivity (Wildman–Crippen MR) is 123 cm³/mol. The summed E-state index contributed by atoms with van der Waals surface area (Å²) < 4.78 is 0. The summed E-state index contributed by atoms with van der Waals surface area (Å²) in [6, 6.07) is 15.9. The fourth-order valence-corrected chi connectivity index (χ4v) is 4.52. The molecule has 0 aromatic heterocycles. The van der Waals surface area contributed by atoms with Gasteiger partial charge in [0.25, 0.3) is 0 Å². The van der Waals surface area contributed by atoms with E-state index in [9.17, 15) is 9.59 Å². The Labute approximate surface area is 183 Å². The number of nitrogens with zero attached hydrogens (tertiary/aromatic N) is 1. The van der Waals surface area contributed by atoms with Crippen LogP contribution in [-0.2, 0) is 22.7 Å². The molecule has 2 aromatic carbocycles. The highest BCUT2D eigenvalue weighted by Gasteiger charge is 2.17. The summed E-state index contributed by atoms with van der Waals surface area (Å²) in [5, 5.41) is 5.80. The maximum absolute atomic E-state index is 12.3. The molecule has 3 rings (SSSR count). The molecule has 1 saturated heterocycles. The van der Waals surface area contributed by atoms with Crippen LogP contribution in [0.3, 0.4) is 0 Å². The first-order valence-corrected chi connectivity index (χ1v) is 11.5. The zero-order valence-electron chi connectivity index (χ0n) is 17.8. The van der Waals surface area contributed by atoms with Crippen molar-refractivity contribution in [2.75, 3.05) is 24.2 Å². The lowest BCUT2D eigenvalue weighted by atomic mass is 9.99. The SMILES string of the molecule is CC(=O)Nc1ccc(SCC(=O)NCc2ccccc2CN2CCC[C@@H](C)C2)cc1. The Balaban J connectivity index is 1.47. The molecular weight excluding hydrogens is 394 g/mol.